The number of rotatable bonds is 4. The molecule has 0 saturated heterocycles. The lowest BCUT2D eigenvalue weighted by molar-refractivity contribution is 0.415. The zero-order chi connectivity index (χ0) is 17.4. The number of ether oxygens (including phenoxy) is 1. The van der Waals surface area contributed by atoms with Crippen molar-refractivity contribution < 1.29 is 4.74 Å². The molecule has 0 saturated carbocycles. The molecular weight excluding hydrogens is 360 g/mol. The first-order chi connectivity index (χ1) is 12.1. The predicted octanol–water partition coefficient (Wildman–Crippen LogP) is 3.96. The van der Waals surface area contributed by atoms with Crippen LogP contribution in [0.1, 0.15) is 5.69 Å². The van der Waals surface area contributed by atoms with E-state index in [9.17, 15) is 0 Å². The number of nitrogens with zero attached hydrogens (tertiary/aromatic N) is 5. The van der Waals surface area contributed by atoms with Gasteiger partial charge < -0.3 is 10.1 Å². The maximum absolute atomic E-state index is 5.89. The minimum atomic E-state index is 0.183. The third-order valence-corrected chi connectivity index (χ3v) is 4.52. The Morgan fingerprint density at radius 3 is 2.68 bits per heavy atom. The highest BCUT2D eigenvalue weighted by molar-refractivity contribution is 7.15. The molecule has 0 unspecified atom stereocenters. The number of hydrogen-bond acceptors (Lipinski definition) is 7. The molecule has 25 heavy (non-hydrogen) atoms. The number of aryl methyl sites for hydroxylation is 1. The summed E-state index contributed by atoms with van der Waals surface area (Å²) < 4.78 is 6.99. The van der Waals surface area contributed by atoms with Gasteiger partial charge in [-0.25, -0.2) is 14.5 Å². The summed E-state index contributed by atoms with van der Waals surface area (Å²) >= 11 is 7.40. The van der Waals surface area contributed by atoms with E-state index in [2.05, 4.69) is 25.4 Å². The molecule has 0 spiro atoms. The van der Waals surface area contributed by atoms with Crippen LogP contribution in [0.3, 0.4) is 0 Å². The van der Waals surface area contributed by atoms with E-state index in [1.165, 1.54) is 11.3 Å². The molecule has 126 valence electrons. The summed E-state index contributed by atoms with van der Waals surface area (Å²) in [6.07, 6.45) is 0. The first kappa shape index (κ1) is 15.8. The van der Waals surface area contributed by atoms with Crippen LogP contribution < -0.4 is 10.1 Å². The molecule has 0 aliphatic rings. The van der Waals surface area contributed by atoms with E-state index in [0.717, 1.165) is 27.7 Å². The van der Waals surface area contributed by atoms with E-state index in [4.69, 9.17) is 16.3 Å². The second-order valence-corrected chi connectivity index (χ2v) is 6.44. The largest absolute Gasteiger partial charge is 0.497 e. The Balaban J connectivity index is 1.67. The van der Waals surface area contributed by atoms with E-state index in [1.54, 1.807) is 17.7 Å². The zero-order valence-corrected chi connectivity index (χ0v) is 15.0. The Hall–Kier alpha value is -2.71. The number of thiazole rings is 1. The first-order valence-corrected chi connectivity index (χ1v) is 8.65. The molecule has 9 heteroatoms. The van der Waals surface area contributed by atoms with Gasteiger partial charge in [-0.15, -0.1) is 16.4 Å². The van der Waals surface area contributed by atoms with Crippen molar-refractivity contribution in [3.05, 3.63) is 46.7 Å². The summed E-state index contributed by atoms with van der Waals surface area (Å²) in [5.74, 6) is 1.82. The summed E-state index contributed by atoms with van der Waals surface area (Å²) in [6.45, 7) is 1.85. The molecule has 4 aromatic rings. The number of aromatic nitrogens is 5. The molecular formula is C16H13ClN6OS. The van der Waals surface area contributed by atoms with Gasteiger partial charge in [0.05, 0.1) is 12.8 Å². The van der Waals surface area contributed by atoms with Gasteiger partial charge in [0.15, 0.2) is 0 Å². The third kappa shape index (κ3) is 3.13. The summed E-state index contributed by atoms with van der Waals surface area (Å²) in [5, 5.41) is 9.79. The van der Waals surface area contributed by atoms with Crippen molar-refractivity contribution in [1.29, 1.82) is 0 Å². The number of methoxy groups -OCH3 is 1. The van der Waals surface area contributed by atoms with E-state index < -0.39 is 0 Å². The topological polar surface area (TPSA) is 77.2 Å². The lowest BCUT2D eigenvalue weighted by Gasteiger charge is -2.03. The zero-order valence-electron chi connectivity index (χ0n) is 13.4. The smallest absolute Gasteiger partial charge is 0.249 e. The molecule has 0 atom stereocenters. The Kier molecular flexibility index (Phi) is 3.98. The van der Waals surface area contributed by atoms with Crippen molar-refractivity contribution in [1.82, 2.24) is 24.6 Å². The van der Waals surface area contributed by atoms with Crippen molar-refractivity contribution in [3.63, 3.8) is 0 Å². The molecule has 0 amide bonds. The number of anilines is 2. The lowest BCUT2D eigenvalue weighted by atomic mass is 10.2. The minimum absolute atomic E-state index is 0.183. The highest BCUT2D eigenvalue weighted by Crippen LogP contribution is 2.28. The number of hydrogen-bond donors (Lipinski definition) is 1. The molecule has 7 nitrogen and oxygen atoms in total. The molecule has 3 heterocycles. The van der Waals surface area contributed by atoms with Gasteiger partial charge in [0.2, 0.25) is 16.2 Å². The Morgan fingerprint density at radius 2 is 1.96 bits per heavy atom. The van der Waals surface area contributed by atoms with E-state index in [0.29, 0.717) is 11.8 Å². The van der Waals surface area contributed by atoms with Gasteiger partial charge in [0, 0.05) is 22.7 Å². The van der Waals surface area contributed by atoms with E-state index >= 15 is 0 Å². The normalized spacial score (nSPS) is 11.0. The standard InChI is InChI=1S/C16H13ClN6OS/c1-9-7-13(19-14(17)18-9)20-15-21-16-23(22-15)12(8-25-16)10-3-5-11(24-2)6-4-10/h3-8H,1-2H3,(H,18,19,20,22). The van der Waals surface area contributed by atoms with Gasteiger partial charge in [0.25, 0.3) is 0 Å². The fourth-order valence-corrected chi connectivity index (χ4v) is 3.46. The van der Waals surface area contributed by atoms with Crippen LogP contribution in [0.15, 0.2) is 35.7 Å². The quantitative estimate of drug-likeness (QED) is 0.546. The van der Waals surface area contributed by atoms with Crippen LogP contribution in [-0.4, -0.2) is 31.7 Å². The molecule has 3 aromatic heterocycles. The van der Waals surface area contributed by atoms with Crippen molar-refractivity contribution in [2.24, 2.45) is 0 Å². The number of nitrogens with one attached hydrogen (secondary N) is 1. The average molecular weight is 373 g/mol. The molecule has 1 N–H and O–H groups in total. The van der Waals surface area contributed by atoms with Gasteiger partial charge in [0.1, 0.15) is 11.6 Å². The monoisotopic (exact) mass is 372 g/mol. The van der Waals surface area contributed by atoms with Gasteiger partial charge in [-0.2, -0.15) is 4.98 Å². The SMILES string of the molecule is COc1ccc(-c2csc3nc(Nc4cc(C)nc(Cl)n4)nn23)cc1. The summed E-state index contributed by atoms with van der Waals surface area (Å²) in [4.78, 5) is 13.4. The fourth-order valence-electron chi connectivity index (χ4n) is 2.41. The predicted molar refractivity (Wildman–Crippen MR) is 97.9 cm³/mol. The van der Waals surface area contributed by atoms with E-state index in [1.807, 2.05) is 36.6 Å². The molecule has 0 fully saturated rings. The van der Waals surface area contributed by atoms with Crippen molar-refractivity contribution in [2.75, 3.05) is 12.4 Å². The van der Waals surface area contributed by atoms with Gasteiger partial charge in [-0.05, 0) is 42.8 Å². The second-order valence-electron chi connectivity index (χ2n) is 5.27. The van der Waals surface area contributed by atoms with E-state index in [-0.39, 0.29) is 5.28 Å². The Bertz CT molecular complexity index is 1020. The molecule has 0 radical (unpaired) electrons. The highest BCUT2D eigenvalue weighted by Gasteiger charge is 2.12. The maximum Gasteiger partial charge on any atom is 0.249 e. The van der Waals surface area contributed by atoms with Crippen LogP contribution in [0.5, 0.6) is 5.75 Å². The highest BCUT2D eigenvalue weighted by atomic mass is 35.5. The molecule has 0 aliphatic carbocycles. The molecule has 4 rings (SSSR count). The Morgan fingerprint density at radius 1 is 1.16 bits per heavy atom. The molecule has 0 bridgehead atoms. The van der Waals surface area contributed by atoms with Gasteiger partial charge in [-0.1, -0.05) is 0 Å². The van der Waals surface area contributed by atoms with Crippen LogP contribution in [0.25, 0.3) is 16.2 Å². The summed E-state index contributed by atoms with van der Waals surface area (Å²) in [7, 11) is 1.65. The number of halogens is 1. The maximum atomic E-state index is 5.89. The minimum Gasteiger partial charge on any atom is -0.497 e. The number of fused-ring (bicyclic) bond motifs is 1. The van der Waals surface area contributed by atoms with Crippen molar-refractivity contribution >= 4 is 39.7 Å². The molecule has 1 aromatic carbocycles. The second kappa shape index (κ2) is 6.30. The summed E-state index contributed by atoms with van der Waals surface area (Å²) in [6, 6.07) is 9.60. The third-order valence-electron chi connectivity index (χ3n) is 3.53. The van der Waals surface area contributed by atoms with Gasteiger partial charge >= 0.3 is 0 Å². The van der Waals surface area contributed by atoms with Crippen molar-refractivity contribution in [2.45, 2.75) is 6.92 Å². The van der Waals surface area contributed by atoms with Gasteiger partial charge in [-0.3, -0.25) is 0 Å². The van der Waals surface area contributed by atoms with Crippen LogP contribution in [0.2, 0.25) is 5.28 Å². The van der Waals surface area contributed by atoms with Crippen molar-refractivity contribution in [3.8, 4) is 17.0 Å². The fraction of sp³-hybridized carbons (Fsp3) is 0.125. The van der Waals surface area contributed by atoms with Crippen LogP contribution in [-0.2, 0) is 0 Å². The average Bonchev–Trinajstić information content (AvgIpc) is 3.14. The Labute approximate surface area is 152 Å². The van der Waals surface area contributed by atoms with Crippen LogP contribution >= 0.6 is 22.9 Å². The number of benzene rings is 1. The first-order valence-electron chi connectivity index (χ1n) is 7.39. The summed E-state index contributed by atoms with van der Waals surface area (Å²) in [5.41, 5.74) is 2.76. The molecule has 0 aliphatic heterocycles. The lowest BCUT2D eigenvalue weighted by Crippen LogP contribution is -1.99. The van der Waals surface area contributed by atoms with Crippen LogP contribution in [0, 0.1) is 6.92 Å². The van der Waals surface area contributed by atoms with Crippen LogP contribution in [0.4, 0.5) is 11.8 Å².